The highest BCUT2D eigenvalue weighted by molar-refractivity contribution is 8.00. The Hall–Kier alpha value is -12.8. The molecule has 0 spiro atoms. The number of carboxylic acids is 1. The van der Waals surface area contributed by atoms with Gasteiger partial charge in [0.25, 0.3) is 0 Å². The van der Waals surface area contributed by atoms with Crippen molar-refractivity contribution in [2.45, 2.75) is 215 Å². The number of H-pyrrole nitrogens is 2. The molecular weight excluding hydrogens is 1670 g/mol. The Morgan fingerprint density at radius 2 is 1.06 bits per heavy atom. The average Bonchev–Trinajstić information content (AvgIpc) is 1.68. The van der Waals surface area contributed by atoms with Gasteiger partial charge < -0.3 is 125 Å². The van der Waals surface area contributed by atoms with Gasteiger partial charge in [0.2, 0.25) is 100 Å². The van der Waals surface area contributed by atoms with E-state index in [-0.39, 0.29) is 57.2 Å². The summed E-state index contributed by atoms with van der Waals surface area (Å²) in [6.07, 6.45) is -0.111. The number of para-hydroxylation sites is 2. The number of phenolic OH excluding ortho intramolecular Hbond substituents is 1. The number of thioether (sulfide) groups is 1. The molecule has 3 fully saturated rings. The third kappa shape index (κ3) is 27.1. The van der Waals surface area contributed by atoms with E-state index in [0.29, 0.717) is 64.2 Å². The van der Waals surface area contributed by atoms with Crippen LogP contribution in [-0.2, 0) is 106 Å². The number of phenols is 1. The van der Waals surface area contributed by atoms with Crippen molar-refractivity contribution < 1.29 is 107 Å². The van der Waals surface area contributed by atoms with Gasteiger partial charge >= 0.3 is 5.97 Å². The van der Waals surface area contributed by atoms with E-state index in [0.717, 1.165) is 36.3 Å². The van der Waals surface area contributed by atoms with Crippen molar-refractivity contribution in [2.75, 3.05) is 65.4 Å². The molecule has 3 aliphatic heterocycles. The standard InChI is InChI=1S/C84H116N20O22S/c1-8-10-21-63-77(119)91-44(3)71(113)99-62(73(115)90-39-68(87)109)42-127-43-69(110)92-57(31-46-24-26-49(106)27-25-46)80(122)100(5)45(4)72(114)95-59(35-70(111)112)83(125)103-30-16-23-64(103)78(120)97-60(36-85)75(117)93-55(28-29-67(86)108)82(124)104-40-50(107)34-66(104)79(121)94-56(32-47-37-88-53-19-14-12-17-51(47)53)74(116)98-61(41-105)76(118)96-58(33-48-38-89-54-20-15-13-18-52(48)54)81(123)102(7)65(22-11-9-2)84(126)101(63)6/h12-15,17-20,24-27,37-38,44-45,50,55-66,88-89,105-107H,8-11,16,21-23,28-36,39-43,85H2,1-7H3,(H2,86,108)(H2,87,109)(H,90,115)(H,91,119)(H,92,110)(H,93,117)(H,94,121)(H,95,114)(H,96,118)(H,97,120)(H,98,116)(H,99,113)(H,111,112)/t44-,45-,50+,55-,56-,57-,58-,59-,60-,61-,62-,63-,64-,65-,66-/m0/s1. The van der Waals surface area contributed by atoms with Gasteiger partial charge in [0.1, 0.15) is 90.3 Å². The predicted octanol–water partition coefficient (Wildman–Crippen LogP) is -4.36. The molecule has 17 amide bonds. The van der Waals surface area contributed by atoms with Gasteiger partial charge in [-0.2, -0.15) is 0 Å². The molecule has 0 bridgehead atoms. The molecule has 127 heavy (non-hydrogen) atoms. The molecule has 3 aromatic carbocycles. The second kappa shape index (κ2) is 47.0. The summed E-state index contributed by atoms with van der Waals surface area (Å²) >= 11 is 0.759. The highest BCUT2D eigenvalue weighted by Crippen LogP contribution is 2.27. The number of rotatable bonds is 22. The first-order valence-corrected chi connectivity index (χ1v) is 43.2. The van der Waals surface area contributed by atoms with Crippen LogP contribution in [0.25, 0.3) is 21.8 Å². The Kier molecular flexibility index (Phi) is 36.9. The molecule has 0 radical (unpaired) electrons. The van der Waals surface area contributed by atoms with Crippen LogP contribution in [-0.4, -0.2) is 317 Å². The summed E-state index contributed by atoms with van der Waals surface area (Å²) in [5.74, 6) is -19.5. The fourth-order valence-electron chi connectivity index (χ4n) is 15.4. The number of primary amides is 2. The van der Waals surface area contributed by atoms with Crippen LogP contribution in [0.3, 0.4) is 0 Å². The van der Waals surface area contributed by atoms with E-state index >= 15 is 28.8 Å². The first-order valence-electron chi connectivity index (χ1n) is 42.0. The van der Waals surface area contributed by atoms with Gasteiger partial charge in [-0.25, -0.2) is 0 Å². The molecule has 15 atom stereocenters. The van der Waals surface area contributed by atoms with Crippen LogP contribution in [0.1, 0.15) is 121 Å². The summed E-state index contributed by atoms with van der Waals surface area (Å²) < 4.78 is 0. The summed E-state index contributed by atoms with van der Waals surface area (Å²) in [4.78, 5) is 269. The maximum atomic E-state index is 15.6. The van der Waals surface area contributed by atoms with Gasteiger partial charge in [-0.15, -0.1) is 11.8 Å². The number of aliphatic hydroxyl groups is 2. The van der Waals surface area contributed by atoms with Crippen molar-refractivity contribution >= 4 is 140 Å². The van der Waals surface area contributed by atoms with E-state index < -0.39 is 261 Å². The molecule has 0 saturated carbocycles. The fourth-order valence-corrected chi connectivity index (χ4v) is 16.2. The Balaban J connectivity index is 1.16. The number of carbonyl (C=O) groups excluding carboxylic acids is 17. The van der Waals surface area contributed by atoms with Crippen LogP contribution >= 0.6 is 11.8 Å². The average molecular weight is 1790 g/mol. The summed E-state index contributed by atoms with van der Waals surface area (Å²) in [7, 11) is 3.84. The Labute approximate surface area is 735 Å². The molecule has 2 aromatic heterocycles. The molecule has 43 heteroatoms. The quantitative estimate of drug-likeness (QED) is 0.0311. The smallest absolute Gasteiger partial charge is 0.305 e. The number of aliphatic carboxylic acids is 1. The molecule has 42 nitrogen and oxygen atoms in total. The first-order chi connectivity index (χ1) is 60.4. The number of unbranched alkanes of at least 4 members (excludes halogenated alkanes) is 2. The highest BCUT2D eigenvalue weighted by atomic mass is 32.2. The Bertz CT molecular complexity index is 4840. The maximum absolute atomic E-state index is 15.6. The van der Waals surface area contributed by atoms with Gasteiger partial charge in [-0.3, -0.25) is 86.3 Å². The number of likely N-dealkylation sites (N-methyl/N-ethyl adjacent to an activating group) is 3. The van der Waals surface area contributed by atoms with Crippen molar-refractivity contribution in [1.29, 1.82) is 0 Å². The number of carboxylic acid groups (broad SMARTS) is 1. The van der Waals surface area contributed by atoms with Crippen LogP contribution in [0.4, 0.5) is 0 Å². The molecule has 5 heterocycles. The topological polar surface area (TPSA) is 634 Å². The highest BCUT2D eigenvalue weighted by Gasteiger charge is 2.46. The van der Waals surface area contributed by atoms with Gasteiger partial charge in [0, 0.05) is 113 Å². The normalized spacial score (nSPS) is 25.6. The number of carbonyl (C=O) groups is 18. The van der Waals surface area contributed by atoms with Crippen molar-refractivity contribution in [3.63, 3.8) is 0 Å². The minimum absolute atomic E-state index is 0.00123. The number of aromatic hydroxyl groups is 1. The third-order valence-corrected chi connectivity index (χ3v) is 23.7. The van der Waals surface area contributed by atoms with Gasteiger partial charge in [-0.05, 0) is 86.9 Å². The van der Waals surface area contributed by atoms with Gasteiger partial charge in [0.05, 0.1) is 31.4 Å². The number of aromatic amines is 2. The van der Waals surface area contributed by atoms with E-state index in [1.165, 1.54) is 59.3 Å². The number of nitrogens with two attached hydrogens (primary N) is 3. The molecule has 3 saturated heterocycles. The Morgan fingerprint density at radius 3 is 1.66 bits per heavy atom. The van der Waals surface area contributed by atoms with E-state index in [9.17, 15) is 78.0 Å². The molecule has 690 valence electrons. The molecular formula is C84H116N20O22S. The van der Waals surface area contributed by atoms with Crippen LogP contribution in [0.15, 0.2) is 85.2 Å². The number of nitrogens with one attached hydrogen (secondary N) is 12. The molecule has 5 aromatic rings. The van der Waals surface area contributed by atoms with E-state index in [2.05, 4.69) is 63.1 Å². The lowest BCUT2D eigenvalue weighted by Crippen LogP contribution is -2.62. The van der Waals surface area contributed by atoms with Crippen molar-refractivity contribution in [1.82, 2.24) is 87.6 Å². The third-order valence-electron chi connectivity index (χ3n) is 22.7. The summed E-state index contributed by atoms with van der Waals surface area (Å²) in [6.45, 7) is 2.88. The summed E-state index contributed by atoms with van der Waals surface area (Å²) in [5, 5.41) is 69.2. The van der Waals surface area contributed by atoms with Crippen molar-refractivity contribution in [3.05, 3.63) is 102 Å². The number of aliphatic hydroxyl groups excluding tert-OH is 2. The van der Waals surface area contributed by atoms with Gasteiger partial charge in [-0.1, -0.05) is 88.1 Å². The number of hydrogen-bond acceptors (Lipinski definition) is 23. The lowest BCUT2D eigenvalue weighted by molar-refractivity contribution is -0.149. The maximum Gasteiger partial charge on any atom is 0.305 e. The monoisotopic (exact) mass is 1790 g/mol. The first kappa shape index (κ1) is 99.7. The zero-order valence-electron chi connectivity index (χ0n) is 71.8. The number of amides is 17. The number of fused-ring (bicyclic) bond motifs is 4. The van der Waals surface area contributed by atoms with E-state index in [1.807, 2.05) is 13.8 Å². The second-order valence-corrected chi connectivity index (χ2v) is 33.0. The molecule has 8 rings (SSSR count). The second-order valence-electron chi connectivity index (χ2n) is 31.9. The SMILES string of the molecule is CCCC[C@H]1C(=O)N(C)[C@@H](CCCC)C(=O)N[C@@H](C)C(=O)N[C@H](C(=O)NCC(N)=O)CSCC(=O)N[C@@H](Cc2ccc(O)cc2)C(=O)N(C)[C@@H](C)C(=O)N[C@@H](CC(=O)O)C(=O)N2CCC[C@H]2C(=O)N[C@@H](CN)C(=O)N[C@@H](CCC(N)=O)C(=O)N2C[C@H](O)C[C@H]2C(=O)N[C@@H](Cc2c[nH]c3ccccc23)C(=O)N[C@@H](CO)C(=O)N[C@@H](Cc2c[nH]c3ccccc23)C(=O)N1C. The van der Waals surface area contributed by atoms with Crippen LogP contribution in [0.5, 0.6) is 5.75 Å². The van der Waals surface area contributed by atoms with Crippen molar-refractivity contribution in [3.8, 4) is 5.75 Å². The molecule has 0 aliphatic carbocycles. The summed E-state index contributed by atoms with van der Waals surface area (Å²) in [6, 6.07) is -3.19. The Morgan fingerprint density at radius 1 is 0.535 bits per heavy atom. The fraction of sp³-hybridized carbons (Fsp3) is 0.524. The van der Waals surface area contributed by atoms with Crippen LogP contribution < -0.4 is 70.4 Å². The molecule has 3 aliphatic rings. The molecule has 0 unspecified atom stereocenters. The largest absolute Gasteiger partial charge is 0.508 e. The number of aromatic nitrogens is 2. The lowest BCUT2D eigenvalue weighted by atomic mass is 10.00. The molecule has 22 N–H and O–H groups in total. The van der Waals surface area contributed by atoms with Crippen LogP contribution in [0, 0.1) is 0 Å². The predicted molar refractivity (Wildman–Crippen MR) is 460 cm³/mol. The summed E-state index contributed by atoms with van der Waals surface area (Å²) in [5.41, 5.74) is 19.6. The minimum atomic E-state index is -1.92. The number of nitrogens with zero attached hydrogens (tertiary/aromatic N) is 5. The van der Waals surface area contributed by atoms with E-state index in [4.69, 9.17) is 17.2 Å². The number of benzene rings is 3. The van der Waals surface area contributed by atoms with Crippen LogP contribution in [0.2, 0.25) is 0 Å². The minimum Gasteiger partial charge on any atom is -0.508 e. The van der Waals surface area contributed by atoms with Gasteiger partial charge in [0.15, 0.2) is 0 Å². The number of hydrogen-bond donors (Lipinski definition) is 19. The zero-order chi connectivity index (χ0) is 93.2. The zero-order valence-corrected chi connectivity index (χ0v) is 72.6. The van der Waals surface area contributed by atoms with Crippen molar-refractivity contribution in [2.24, 2.45) is 17.2 Å². The van der Waals surface area contributed by atoms with E-state index in [1.54, 1.807) is 60.9 Å². The lowest BCUT2D eigenvalue weighted by Gasteiger charge is -2.36.